The van der Waals surface area contributed by atoms with Crippen LogP contribution in [0.15, 0.2) is 41.3 Å². The van der Waals surface area contributed by atoms with Gasteiger partial charge in [0.2, 0.25) is 5.75 Å². The van der Waals surface area contributed by atoms with Gasteiger partial charge >= 0.3 is 5.97 Å². The van der Waals surface area contributed by atoms with E-state index < -0.39 is 11.9 Å². The summed E-state index contributed by atoms with van der Waals surface area (Å²) < 4.78 is 20.8. The van der Waals surface area contributed by atoms with Gasteiger partial charge < -0.3 is 24.3 Å². The summed E-state index contributed by atoms with van der Waals surface area (Å²) in [6, 6.07) is 10.7. The quantitative estimate of drug-likeness (QED) is 0.507. The number of hydrogen-bond donors (Lipinski definition) is 1. The van der Waals surface area contributed by atoms with Gasteiger partial charge in [0.15, 0.2) is 18.1 Å². The summed E-state index contributed by atoms with van der Waals surface area (Å²) >= 11 is 1.57. The largest absolute Gasteiger partial charge is 0.493 e. The predicted octanol–water partition coefficient (Wildman–Crippen LogP) is 3.16. The average molecular weight is 405 g/mol. The molecular formula is C20H23NO6S. The summed E-state index contributed by atoms with van der Waals surface area (Å²) in [5.41, 5.74) is 1.27. The maximum atomic E-state index is 12.1. The molecule has 0 unspecified atom stereocenters. The van der Waals surface area contributed by atoms with Crippen LogP contribution in [0.25, 0.3) is 0 Å². The number of ether oxygens (including phenoxy) is 4. The van der Waals surface area contributed by atoms with E-state index in [2.05, 4.69) is 5.32 Å². The molecule has 150 valence electrons. The van der Waals surface area contributed by atoms with E-state index in [-0.39, 0.29) is 13.0 Å². The van der Waals surface area contributed by atoms with Crippen LogP contribution >= 0.6 is 11.8 Å². The Kier molecular flexibility index (Phi) is 8.01. The van der Waals surface area contributed by atoms with Gasteiger partial charge in [0.1, 0.15) is 0 Å². The van der Waals surface area contributed by atoms with Crippen LogP contribution in [0.5, 0.6) is 17.2 Å². The third-order valence-electron chi connectivity index (χ3n) is 3.79. The molecule has 7 nitrogen and oxygen atoms in total. The number of rotatable bonds is 9. The van der Waals surface area contributed by atoms with Gasteiger partial charge in [-0.1, -0.05) is 6.07 Å². The minimum Gasteiger partial charge on any atom is -0.493 e. The lowest BCUT2D eigenvalue weighted by molar-refractivity contribution is -0.146. The Morgan fingerprint density at radius 2 is 1.68 bits per heavy atom. The number of carbonyl (C=O) groups is 2. The second-order valence-corrected chi connectivity index (χ2v) is 6.53. The van der Waals surface area contributed by atoms with Gasteiger partial charge in [-0.2, -0.15) is 0 Å². The lowest BCUT2D eigenvalue weighted by Crippen LogP contribution is -2.21. The fourth-order valence-electron chi connectivity index (χ4n) is 2.50. The molecule has 0 radical (unpaired) electrons. The number of esters is 1. The molecule has 0 bridgehead atoms. The first-order valence-electron chi connectivity index (χ1n) is 8.39. The molecule has 2 aromatic carbocycles. The Balaban J connectivity index is 1.94. The maximum absolute atomic E-state index is 12.1. The molecular weight excluding hydrogens is 382 g/mol. The molecule has 28 heavy (non-hydrogen) atoms. The number of carbonyl (C=O) groups excluding carboxylic acids is 2. The highest BCUT2D eigenvalue weighted by atomic mass is 32.2. The Hall–Kier alpha value is -2.87. The number of nitrogens with one attached hydrogen (secondary N) is 1. The number of benzene rings is 2. The fraction of sp³-hybridized carbons (Fsp3) is 0.300. The second kappa shape index (κ2) is 10.5. The zero-order chi connectivity index (χ0) is 20.5. The van der Waals surface area contributed by atoms with Crippen molar-refractivity contribution >= 4 is 29.3 Å². The van der Waals surface area contributed by atoms with E-state index in [9.17, 15) is 9.59 Å². The van der Waals surface area contributed by atoms with Gasteiger partial charge in [0.25, 0.3) is 5.91 Å². The van der Waals surface area contributed by atoms with Crippen LogP contribution in [0.4, 0.5) is 5.69 Å². The average Bonchev–Trinajstić information content (AvgIpc) is 2.71. The van der Waals surface area contributed by atoms with Gasteiger partial charge in [0.05, 0.1) is 27.8 Å². The lowest BCUT2D eigenvalue weighted by Gasteiger charge is -2.14. The highest BCUT2D eigenvalue weighted by Gasteiger charge is 2.16. The van der Waals surface area contributed by atoms with Crippen molar-refractivity contribution in [3.05, 3.63) is 42.0 Å². The van der Waals surface area contributed by atoms with Crippen molar-refractivity contribution in [3.8, 4) is 17.2 Å². The number of methoxy groups -OCH3 is 3. The van der Waals surface area contributed by atoms with E-state index in [1.165, 1.54) is 21.3 Å². The summed E-state index contributed by atoms with van der Waals surface area (Å²) in [6.07, 6.45) is 1.91. The van der Waals surface area contributed by atoms with Crippen molar-refractivity contribution in [3.63, 3.8) is 0 Å². The first-order chi connectivity index (χ1) is 13.5. The third-order valence-corrected chi connectivity index (χ3v) is 4.52. The Morgan fingerprint density at radius 3 is 2.25 bits per heavy atom. The smallest absolute Gasteiger partial charge is 0.310 e. The number of amides is 1. The zero-order valence-electron chi connectivity index (χ0n) is 16.2. The van der Waals surface area contributed by atoms with Crippen molar-refractivity contribution in [2.75, 3.05) is 39.5 Å². The Bertz CT molecular complexity index is 814. The second-order valence-electron chi connectivity index (χ2n) is 5.65. The Labute approximate surface area is 168 Å². The van der Waals surface area contributed by atoms with E-state index in [1.54, 1.807) is 30.0 Å². The van der Waals surface area contributed by atoms with Gasteiger partial charge in [-0.25, -0.2) is 0 Å². The highest BCUT2D eigenvalue weighted by Crippen LogP contribution is 2.38. The molecule has 0 fully saturated rings. The molecule has 0 aliphatic heterocycles. The van der Waals surface area contributed by atoms with Crippen LogP contribution in [-0.4, -0.2) is 46.1 Å². The van der Waals surface area contributed by atoms with E-state index in [0.29, 0.717) is 28.5 Å². The summed E-state index contributed by atoms with van der Waals surface area (Å²) in [7, 11) is 4.49. The number of hydrogen-bond acceptors (Lipinski definition) is 7. The first kappa shape index (κ1) is 21.4. The van der Waals surface area contributed by atoms with Crippen LogP contribution in [-0.2, 0) is 20.7 Å². The van der Waals surface area contributed by atoms with Crippen LogP contribution in [0.1, 0.15) is 5.56 Å². The molecule has 0 saturated heterocycles. The monoisotopic (exact) mass is 405 g/mol. The molecule has 0 aliphatic carbocycles. The molecule has 0 spiro atoms. The standard InChI is InChI=1S/C20H23NO6S/c1-24-16-8-13(9-17(25-2)20(16)26-3)10-19(23)27-12-18(22)21-14-6-5-7-15(11-14)28-4/h5-9,11H,10,12H2,1-4H3,(H,21,22). The van der Waals surface area contributed by atoms with Gasteiger partial charge in [0, 0.05) is 10.6 Å². The molecule has 0 saturated carbocycles. The summed E-state index contributed by atoms with van der Waals surface area (Å²) in [5.74, 6) is 0.375. The van der Waals surface area contributed by atoms with E-state index in [4.69, 9.17) is 18.9 Å². The van der Waals surface area contributed by atoms with Crippen molar-refractivity contribution in [1.82, 2.24) is 0 Å². The zero-order valence-corrected chi connectivity index (χ0v) is 17.1. The molecule has 0 atom stereocenters. The first-order valence-corrected chi connectivity index (χ1v) is 9.61. The molecule has 0 heterocycles. The summed E-state index contributed by atoms with van der Waals surface area (Å²) in [5, 5.41) is 2.70. The SMILES string of the molecule is COc1cc(CC(=O)OCC(=O)Nc2cccc(SC)c2)cc(OC)c1OC. The topological polar surface area (TPSA) is 83.1 Å². The lowest BCUT2D eigenvalue weighted by atomic mass is 10.1. The van der Waals surface area contributed by atoms with Crippen molar-refractivity contribution in [2.24, 2.45) is 0 Å². The molecule has 0 aromatic heterocycles. The minimum absolute atomic E-state index is 0.0358. The molecule has 8 heteroatoms. The molecule has 0 aliphatic rings. The molecule has 2 rings (SSSR count). The summed E-state index contributed by atoms with van der Waals surface area (Å²) in [4.78, 5) is 25.1. The summed E-state index contributed by atoms with van der Waals surface area (Å²) in [6.45, 7) is -0.368. The third kappa shape index (κ3) is 5.82. The van der Waals surface area contributed by atoms with Crippen molar-refractivity contribution in [1.29, 1.82) is 0 Å². The number of thioether (sulfide) groups is 1. The van der Waals surface area contributed by atoms with Crippen molar-refractivity contribution < 1.29 is 28.5 Å². The van der Waals surface area contributed by atoms with E-state index in [1.807, 2.05) is 24.5 Å². The Morgan fingerprint density at radius 1 is 1.00 bits per heavy atom. The predicted molar refractivity (Wildman–Crippen MR) is 108 cm³/mol. The van der Waals surface area contributed by atoms with E-state index >= 15 is 0 Å². The maximum Gasteiger partial charge on any atom is 0.310 e. The van der Waals surface area contributed by atoms with Gasteiger partial charge in [-0.3, -0.25) is 9.59 Å². The van der Waals surface area contributed by atoms with Crippen LogP contribution in [0.2, 0.25) is 0 Å². The minimum atomic E-state index is -0.540. The fourth-order valence-corrected chi connectivity index (χ4v) is 2.96. The molecule has 1 amide bonds. The van der Waals surface area contributed by atoms with Gasteiger partial charge in [-0.05, 0) is 42.2 Å². The number of anilines is 1. The highest BCUT2D eigenvalue weighted by molar-refractivity contribution is 7.98. The molecule has 1 N–H and O–H groups in total. The molecule has 2 aromatic rings. The van der Waals surface area contributed by atoms with Crippen LogP contribution in [0, 0.1) is 0 Å². The van der Waals surface area contributed by atoms with Crippen LogP contribution < -0.4 is 19.5 Å². The van der Waals surface area contributed by atoms with Crippen LogP contribution in [0.3, 0.4) is 0 Å². The van der Waals surface area contributed by atoms with Gasteiger partial charge in [-0.15, -0.1) is 11.8 Å². The van der Waals surface area contributed by atoms with E-state index in [0.717, 1.165) is 4.90 Å². The normalized spacial score (nSPS) is 10.1. The van der Waals surface area contributed by atoms with Crippen molar-refractivity contribution in [2.45, 2.75) is 11.3 Å².